The van der Waals surface area contributed by atoms with Crippen LogP contribution in [0, 0.1) is 0 Å². The van der Waals surface area contributed by atoms with Crippen LogP contribution in [0.4, 0.5) is 0 Å². The van der Waals surface area contributed by atoms with Crippen molar-refractivity contribution in [3.05, 3.63) is 12.4 Å². The van der Waals surface area contributed by atoms with Crippen LogP contribution in [0.3, 0.4) is 0 Å². The summed E-state index contributed by atoms with van der Waals surface area (Å²) in [6.45, 7) is 9.49. The molecule has 0 aromatic heterocycles. The summed E-state index contributed by atoms with van der Waals surface area (Å²) >= 11 is 0. The van der Waals surface area contributed by atoms with Gasteiger partial charge in [0.1, 0.15) is 6.17 Å². The smallest absolute Gasteiger partial charge is 0.101 e. The summed E-state index contributed by atoms with van der Waals surface area (Å²) in [7, 11) is 0. The van der Waals surface area contributed by atoms with Crippen molar-refractivity contribution in [2.75, 3.05) is 13.1 Å². The van der Waals surface area contributed by atoms with Gasteiger partial charge in [-0.1, -0.05) is 265 Å². The Morgan fingerprint density at radius 3 is 0.673 bits per heavy atom. The third kappa shape index (κ3) is 32.7. The second-order valence-electron chi connectivity index (χ2n) is 17.5. The van der Waals surface area contributed by atoms with Crippen LogP contribution in [-0.4, -0.2) is 29.1 Å². The molecule has 1 heterocycles. The summed E-state index contributed by atoms with van der Waals surface area (Å²) in [6, 6.07) is 0. The first-order chi connectivity index (χ1) is 25.8. The minimum absolute atomic E-state index is 0.636. The molecule has 52 heavy (non-hydrogen) atoms. The van der Waals surface area contributed by atoms with Gasteiger partial charge in [-0.15, -0.1) is 0 Å². The lowest BCUT2D eigenvalue weighted by molar-refractivity contribution is 0.135. The maximum Gasteiger partial charge on any atom is 0.101 e. The van der Waals surface area contributed by atoms with Crippen LogP contribution < -0.4 is 0 Å². The highest BCUT2D eigenvalue weighted by molar-refractivity contribution is 4.97. The summed E-state index contributed by atoms with van der Waals surface area (Å²) in [4.78, 5) is 5.48. The van der Waals surface area contributed by atoms with Gasteiger partial charge >= 0.3 is 0 Å². The molecule has 1 atom stereocenters. The van der Waals surface area contributed by atoms with E-state index in [4.69, 9.17) is 0 Å². The Morgan fingerprint density at radius 2 is 0.442 bits per heavy atom. The topological polar surface area (TPSA) is 6.48 Å². The van der Waals surface area contributed by atoms with E-state index in [1.54, 1.807) is 0 Å². The predicted molar refractivity (Wildman–Crippen MR) is 237 cm³/mol. The van der Waals surface area contributed by atoms with Gasteiger partial charge in [0.25, 0.3) is 0 Å². The molecule has 0 aromatic carbocycles. The molecule has 0 aromatic rings. The van der Waals surface area contributed by atoms with E-state index in [-0.39, 0.29) is 0 Å². The average molecular weight is 729 g/mol. The van der Waals surface area contributed by atoms with E-state index in [0.717, 1.165) is 0 Å². The molecule has 0 saturated carbocycles. The first-order valence-electron chi connectivity index (χ1n) is 25.0. The van der Waals surface area contributed by atoms with E-state index in [0.29, 0.717) is 6.17 Å². The van der Waals surface area contributed by atoms with Gasteiger partial charge in [0.2, 0.25) is 0 Å². The molecule has 0 saturated heterocycles. The Kier molecular flexibility index (Phi) is 39.4. The summed E-state index contributed by atoms with van der Waals surface area (Å²) in [5, 5.41) is 0. The summed E-state index contributed by atoms with van der Waals surface area (Å²) in [5.41, 5.74) is 0. The van der Waals surface area contributed by atoms with Crippen molar-refractivity contribution in [2.45, 2.75) is 297 Å². The SMILES string of the molecule is CCCCCCCCCCCCCCCCCCCC1N(CCCCCCCCCCCCC)C=CN1CCCCCCCCCCCCCCC. The molecule has 1 aliphatic heterocycles. The van der Waals surface area contributed by atoms with Crippen molar-refractivity contribution >= 4 is 0 Å². The molecule has 0 amide bonds. The third-order valence-electron chi connectivity index (χ3n) is 12.3. The van der Waals surface area contributed by atoms with Crippen LogP contribution in [0.15, 0.2) is 12.4 Å². The second kappa shape index (κ2) is 41.5. The van der Waals surface area contributed by atoms with E-state index < -0.39 is 0 Å². The lowest BCUT2D eigenvalue weighted by Gasteiger charge is -2.33. The molecular weight excluding hydrogens is 629 g/mol. The molecule has 1 aliphatic rings. The van der Waals surface area contributed by atoms with Gasteiger partial charge in [0.15, 0.2) is 0 Å². The predicted octanol–water partition coefficient (Wildman–Crippen LogP) is 17.8. The first kappa shape index (κ1) is 49.4. The van der Waals surface area contributed by atoms with Gasteiger partial charge in [-0.25, -0.2) is 0 Å². The lowest BCUT2D eigenvalue weighted by Crippen LogP contribution is -2.39. The van der Waals surface area contributed by atoms with E-state index in [2.05, 4.69) is 43.0 Å². The fourth-order valence-electron chi connectivity index (χ4n) is 8.66. The normalized spacial score (nSPS) is 14.4. The monoisotopic (exact) mass is 729 g/mol. The zero-order valence-corrected chi connectivity index (χ0v) is 36.7. The molecule has 0 radical (unpaired) electrons. The van der Waals surface area contributed by atoms with Crippen LogP contribution in [0.25, 0.3) is 0 Å². The Balaban J connectivity index is 2.19. The fraction of sp³-hybridized carbons (Fsp3) is 0.960. The van der Waals surface area contributed by atoms with E-state index in [1.165, 1.54) is 283 Å². The molecule has 0 aliphatic carbocycles. The molecule has 0 N–H and O–H groups in total. The van der Waals surface area contributed by atoms with Crippen molar-refractivity contribution in [3.63, 3.8) is 0 Å². The van der Waals surface area contributed by atoms with Gasteiger partial charge in [-0.3, -0.25) is 0 Å². The molecule has 1 unspecified atom stereocenters. The van der Waals surface area contributed by atoms with Crippen LogP contribution in [0.5, 0.6) is 0 Å². The summed E-state index contributed by atoms with van der Waals surface area (Å²) in [5.74, 6) is 0. The quantitative estimate of drug-likeness (QED) is 0.0576. The standard InChI is InChI=1S/C50H100N2/c1-4-7-10-13-16-19-22-24-25-26-27-28-30-33-36-39-42-45-50-51(46-43-40-37-34-31-21-18-15-12-9-6-3)48-49-52(50)47-44-41-38-35-32-29-23-20-17-14-11-8-5-2/h48-50H,4-47H2,1-3H3. The van der Waals surface area contributed by atoms with E-state index in [9.17, 15) is 0 Å². The highest BCUT2D eigenvalue weighted by atomic mass is 15.4. The van der Waals surface area contributed by atoms with Crippen LogP contribution in [-0.2, 0) is 0 Å². The van der Waals surface area contributed by atoms with Crippen molar-refractivity contribution in [2.24, 2.45) is 0 Å². The number of rotatable bonds is 44. The number of hydrogen-bond donors (Lipinski definition) is 0. The molecule has 0 spiro atoms. The minimum atomic E-state index is 0.636. The Labute approximate surface area is 330 Å². The average Bonchev–Trinajstić information content (AvgIpc) is 3.54. The minimum Gasteiger partial charge on any atom is -0.356 e. The molecule has 0 fully saturated rings. The molecular formula is C50H100N2. The van der Waals surface area contributed by atoms with Crippen LogP contribution in [0.2, 0.25) is 0 Å². The molecule has 2 nitrogen and oxygen atoms in total. The molecule has 310 valence electrons. The van der Waals surface area contributed by atoms with Crippen molar-refractivity contribution in [1.82, 2.24) is 9.80 Å². The number of hydrogen-bond acceptors (Lipinski definition) is 2. The van der Waals surface area contributed by atoms with Crippen molar-refractivity contribution in [1.29, 1.82) is 0 Å². The molecule has 0 bridgehead atoms. The largest absolute Gasteiger partial charge is 0.356 e. The second-order valence-corrected chi connectivity index (χ2v) is 17.5. The Hall–Kier alpha value is -0.660. The fourth-order valence-corrected chi connectivity index (χ4v) is 8.66. The zero-order chi connectivity index (χ0) is 37.3. The zero-order valence-electron chi connectivity index (χ0n) is 36.7. The first-order valence-corrected chi connectivity index (χ1v) is 25.0. The third-order valence-corrected chi connectivity index (χ3v) is 12.3. The Bertz CT molecular complexity index is 688. The summed E-state index contributed by atoms with van der Waals surface area (Å²) < 4.78 is 0. The van der Waals surface area contributed by atoms with Gasteiger partial charge in [-0.2, -0.15) is 0 Å². The summed E-state index contributed by atoms with van der Waals surface area (Å²) in [6.07, 6.45) is 66.4. The highest BCUT2D eigenvalue weighted by Crippen LogP contribution is 2.24. The van der Waals surface area contributed by atoms with Gasteiger partial charge in [-0.05, 0) is 25.7 Å². The van der Waals surface area contributed by atoms with Crippen LogP contribution >= 0.6 is 0 Å². The van der Waals surface area contributed by atoms with Crippen LogP contribution in [0.1, 0.15) is 290 Å². The Morgan fingerprint density at radius 1 is 0.250 bits per heavy atom. The maximum atomic E-state index is 2.74. The van der Waals surface area contributed by atoms with E-state index in [1.807, 2.05) is 0 Å². The molecule has 1 rings (SSSR count). The lowest BCUT2D eigenvalue weighted by atomic mass is 10.0. The highest BCUT2D eigenvalue weighted by Gasteiger charge is 2.24. The number of nitrogens with zero attached hydrogens (tertiary/aromatic N) is 2. The number of unbranched alkanes of at least 4 members (excludes halogenated alkanes) is 38. The van der Waals surface area contributed by atoms with Gasteiger partial charge < -0.3 is 9.80 Å². The van der Waals surface area contributed by atoms with E-state index >= 15 is 0 Å². The van der Waals surface area contributed by atoms with Gasteiger partial charge in [0, 0.05) is 25.5 Å². The van der Waals surface area contributed by atoms with Crippen molar-refractivity contribution < 1.29 is 0 Å². The van der Waals surface area contributed by atoms with Gasteiger partial charge in [0.05, 0.1) is 0 Å². The molecule has 2 heteroatoms. The maximum absolute atomic E-state index is 2.74. The van der Waals surface area contributed by atoms with Crippen molar-refractivity contribution in [3.8, 4) is 0 Å².